The molecule has 1 atom stereocenters. The minimum Gasteiger partial charge on any atom is -0.459 e. The second-order valence-electron chi connectivity index (χ2n) is 6.79. The van der Waals surface area contributed by atoms with Crippen molar-refractivity contribution >= 4 is 27.4 Å². The maximum absolute atomic E-state index is 12.1. The minimum absolute atomic E-state index is 0.0403. The summed E-state index contributed by atoms with van der Waals surface area (Å²) >= 11 is 0. The molecule has 3 N–H and O–H groups in total. The summed E-state index contributed by atoms with van der Waals surface area (Å²) in [6, 6.07) is 10.6. The molecule has 1 heterocycles. The highest BCUT2D eigenvalue weighted by Gasteiger charge is 2.10. The van der Waals surface area contributed by atoms with E-state index in [2.05, 4.69) is 20.9 Å². The molecule has 1 amide bonds. The van der Waals surface area contributed by atoms with Crippen molar-refractivity contribution in [2.24, 2.45) is 4.99 Å². The number of hydrogen-bond donors (Lipinski definition) is 3. The Morgan fingerprint density at radius 3 is 2.69 bits per heavy atom. The molecule has 1 aromatic carbocycles. The highest BCUT2D eigenvalue weighted by atomic mass is 32.2. The number of carbonyl (C=O) groups is 1. The van der Waals surface area contributed by atoms with E-state index < -0.39 is 9.84 Å². The van der Waals surface area contributed by atoms with Crippen LogP contribution in [0, 0.1) is 0 Å². The Hall–Kier alpha value is -2.81. The summed E-state index contributed by atoms with van der Waals surface area (Å²) in [6.07, 6.45) is 3.18. The molecule has 9 heteroatoms. The normalized spacial score (nSPS) is 13.0. The van der Waals surface area contributed by atoms with Crippen molar-refractivity contribution in [1.29, 1.82) is 0 Å². The number of anilines is 1. The van der Waals surface area contributed by atoms with Crippen molar-refractivity contribution < 1.29 is 17.6 Å². The molecule has 158 valence electrons. The zero-order valence-electron chi connectivity index (χ0n) is 16.9. The first-order valence-corrected chi connectivity index (χ1v) is 11.5. The molecule has 0 aliphatic rings. The van der Waals surface area contributed by atoms with Crippen LogP contribution in [0.5, 0.6) is 0 Å². The van der Waals surface area contributed by atoms with Crippen LogP contribution in [0.1, 0.15) is 36.4 Å². The van der Waals surface area contributed by atoms with E-state index >= 15 is 0 Å². The van der Waals surface area contributed by atoms with Gasteiger partial charge in [-0.05, 0) is 50.1 Å². The smallest absolute Gasteiger partial charge is 0.291 e. The topological polar surface area (TPSA) is 113 Å². The Morgan fingerprint density at radius 2 is 2.03 bits per heavy atom. The number of furan rings is 1. The zero-order chi connectivity index (χ0) is 21.3. The van der Waals surface area contributed by atoms with E-state index in [1.54, 1.807) is 18.2 Å². The van der Waals surface area contributed by atoms with Crippen molar-refractivity contribution in [2.45, 2.75) is 32.9 Å². The summed E-state index contributed by atoms with van der Waals surface area (Å²) in [4.78, 5) is 16.6. The maximum atomic E-state index is 12.1. The van der Waals surface area contributed by atoms with Crippen LogP contribution in [-0.4, -0.2) is 44.9 Å². The van der Waals surface area contributed by atoms with Crippen molar-refractivity contribution in [3.8, 4) is 0 Å². The molecule has 0 aliphatic heterocycles. The highest BCUT2D eigenvalue weighted by molar-refractivity contribution is 7.90. The average Bonchev–Trinajstić information content (AvgIpc) is 3.19. The number of carbonyl (C=O) groups excluding carboxylic acids is 1. The molecule has 1 unspecified atom stereocenters. The fourth-order valence-electron chi connectivity index (χ4n) is 2.53. The first-order valence-electron chi connectivity index (χ1n) is 9.43. The third-order valence-electron chi connectivity index (χ3n) is 4.00. The second kappa shape index (κ2) is 10.7. The lowest BCUT2D eigenvalue weighted by Crippen LogP contribution is -2.42. The van der Waals surface area contributed by atoms with Gasteiger partial charge in [-0.1, -0.05) is 12.1 Å². The minimum atomic E-state index is -3.00. The fourth-order valence-corrected chi connectivity index (χ4v) is 3.32. The molecule has 0 saturated carbocycles. The molecular weight excluding hydrogens is 392 g/mol. The third-order valence-corrected chi connectivity index (χ3v) is 4.98. The molecule has 0 radical (unpaired) electrons. The molecule has 0 aliphatic carbocycles. The predicted molar refractivity (Wildman–Crippen MR) is 115 cm³/mol. The number of nitrogens with zero attached hydrogens (tertiary/aromatic N) is 1. The second-order valence-corrected chi connectivity index (χ2v) is 9.05. The summed E-state index contributed by atoms with van der Waals surface area (Å²) in [7, 11) is -3.00. The van der Waals surface area contributed by atoms with Crippen LogP contribution in [0.15, 0.2) is 52.1 Å². The Morgan fingerprint density at radius 1 is 1.24 bits per heavy atom. The highest BCUT2D eigenvalue weighted by Crippen LogP contribution is 2.13. The number of hydrogen-bond acceptors (Lipinski definition) is 5. The van der Waals surface area contributed by atoms with Gasteiger partial charge in [-0.15, -0.1) is 0 Å². The number of benzene rings is 1. The van der Waals surface area contributed by atoms with Crippen LogP contribution in [0.25, 0.3) is 0 Å². The van der Waals surface area contributed by atoms with Gasteiger partial charge in [0, 0.05) is 24.5 Å². The fraction of sp³-hybridized carbons (Fsp3) is 0.400. The van der Waals surface area contributed by atoms with Crippen LogP contribution in [0.2, 0.25) is 0 Å². The lowest BCUT2D eigenvalue weighted by molar-refractivity contribution is 0.0996. The Balaban J connectivity index is 1.98. The van der Waals surface area contributed by atoms with Gasteiger partial charge in [0.2, 0.25) is 0 Å². The molecule has 0 bridgehead atoms. The summed E-state index contributed by atoms with van der Waals surface area (Å²) in [5, 5.41) is 9.16. The van der Waals surface area contributed by atoms with E-state index in [1.807, 2.05) is 32.0 Å². The molecule has 29 heavy (non-hydrogen) atoms. The summed E-state index contributed by atoms with van der Waals surface area (Å²) in [6.45, 7) is 4.97. The van der Waals surface area contributed by atoms with Gasteiger partial charge >= 0.3 is 0 Å². The van der Waals surface area contributed by atoms with E-state index in [9.17, 15) is 13.2 Å². The van der Waals surface area contributed by atoms with Crippen LogP contribution in [0.3, 0.4) is 0 Å². The van der Waals surface area contributed by atoms with Crippen molar-refractivity contribution in [1.82, 2.24) is 10.6 Å². The number of amides is 1. The first kappa shape index (κ1) is 22.5. The molecule has 1 aromatic heterocycles. The van der Waals surface area contributed by atoms with Crippen molar-refractivity contribution in [2.75, 3.05) is 23.9 Å². The number of sulfone groups is 1. The number of rotatable bonds is 9. The van der Waals surface area contributed by atoms with Gasteiger partial charge in [-0.2, -0.15) is 0 Å². The van der Waals surface area contributed by atoms with Gasteiger partial charge in [-0.25, -0.2) is 13.4 Å². The van der Waals surface area contributed by atoms with Gasteiger partial charge in [-0.3, -0.25) is 4.79 Å². The zero-order valence-corrected chi connectivity index (χ0v) is 17.8. The Kier molecular flexibility index (Phi) is 8.26. The van der Waals surface area contributed by atoms with Crippen molar-refractivity contribution in [3.05, 3.63) is 54.0 Å². The van der Waals surface area contributed by atoms with E-state index in [-0.39, 0.29) is 23.5 Å². The molecule has 8 nitrogen and oxygen atoms in total. The lowest BCUT2D eigenvalue weighted by Gasteiger charge is -2.17. The van der Waals surface area contributed by atoms with Crippen LogP contribution < -0.4 is 16.0 Å². The first-order chi connectivity index (χ1) is 13.8. The molecule has 0 spiro atoms. The average molecular weight is 421 g/mol. The molecule has 0 saturated heterocycles. The molecule has 2 rings (SSSR count). The summed E-state index contributed by atoms with van der Waals surface area (Å²) in [5.74, 6) is 0.664. The SMILES string of the molecule is CCNC(=NCc1cccc(NC(=O)c2ccco2)c1)NC(C)CCS(C)(=O)=O. The Labute approximate surface area is 171 Å². The van der Waals surface area contributed by atoms with Crippen LogP contribution in [0.4, 0.5) is 5.69 Å². The van der Waals surface area contributed by atoms with Gasteiger partial charge in [0.15, 0.2) is 11.7 Å². The largest absolute Gasteiger partial charge is 0.459 e. The Bertz CT molecular complexity index is 924. The predicted octanol–water partition coefficient (Wildman–Crippen LogP) is 2.41. The summed E-state index contributed by atoms with van der Waals surface area (Å²) < 4.78 is 27.8. The number of aliphatic imine (C=N–C) groups is 1. The van der Waals surface area contributed by atoms with Crippen LogP contribution in [-0.2, 0) is 16.4 Å². The quantitative estimate of drug-likeness (QED) is 0.424. The van der Waals surface area contributed by atoms with Gasteiger partial charge < -0.3 is 20.4 Å². The van der Waals surface area contributed by atoms with Crippen LogP contribution >= 0.6 is 0 Å². The van der Waals surface area contributed by atoms with E-state index in [4.69, 9.17) is 4.42 Å². The summed E-state index contributed by atoms with van der Waals surface area (Å²) in [5.41, 5.74) is 1.57. The standard InChI is InChI=1S/C20H28N4O4S/c1-4-21-20(23-15(2)10-12-29(3,26)27)22-14-16-7-5-8-17(13-16)24-19(25)18-9-6-11-28-18/h5-9,11,13,15H,4,10,12,14H2,1-3H3,(H,24,25)(H2,21,22,23). The van der Waals surface area contributed by atoms with Gasteiger partial charge in [0.05, 0.1) is 18.6 Å². The van der Waals surface area contributed by atoms with Crippen molar-refractivity contribution in [3.63, 3.8) is 0 Å². The van der Waals surface area contributed by atoms with Gasteiger partial charge in [0.1, 0.15) is 9.84 Å². The van der Waals surface area contributed by atoms with E-state index in [0.29, 0.717) is 31.2 Å². The molecular formula is C20H28N4O4S. The van der Waals surface area contributed by atoms with E-state index in [0.717, 1.165) is 5.56 Å². The number of guanidine groups is 1. The monoisotopic (exact) mass is 420 g/mol. The van der Waals surface area contributed by atoms with Gasteiger partial charge in [0.25, 0.3) is 5.91 Å². The molecule has 2 aromatic rings. The lowest BCUT2D eigenvalue weighted by atomic mass is 10.2. The molecule has 0 fully saturated rings. The maximum Gasteiger partial charge on any atom is 0.291 e. The van der Waals surface area contributed by atoms with E-state index in [1.165, 1.54) is 12.5 Å². The number of nitrogens with one attached hydrogen (secondary N) is 3. The third kappa shape index (κ3) is 8.39.